The Hall–Kier alpha value is -3.82. The summed E-state index contributed by atoms with van der Waals surface area (Å²) in [6.07, 6.45) is 0. The van der Waals surface area contributed by atoms with Crippen molar-refractivity contribution in [3.63, 3.8) is 0 Å². The lowest BCUT2D eigenvalue weighted by molar-refractivity contribution is -0.384. The Morgan fingerprint density at radius 2 is 1.83 bits per heavy atom. The Morgan fingerprint density at radius 1 is 1.13 bits per heavy atom. The van der Waals surface area contributed by atoms with Gasteiger partial charge in [0.05, 0.1) is 17.6 Å². The maximum Gasteiger partial charge on any atom is 0.338 e. The van der Waals surface area contributed by atoms with E-state index in [9.17, 15) is 19.7 Å². The van der Waals surface area contributed by atoms with E-state index >= 15 is 0 Å². The van der Waals surface area contributed by atoms with E-state index in [1.807, 2.05) is 0 Å². The van der Waals surface area contributed by atoms with Crippen molar-refractivity contribution in [3.05, 3.63) is 51.1 Å². The average Bonchev–Trinajstić information content (AvgIpc) is 2.73. The van der Waals surface area contributed by atoms with Crippen LogP contribution in [-0.2, 0) is 9.53 Å². The zero-order valence-electron chi connectivity index (χ0n) is 16.6. The quantitative estimate of drug-likeness (QED) is 0.433. The fraction of sp³-hybridized carbons (Fsp3) is 0.300. The standard InChI is InChI=1S/C20H20N2O8/c1-11-6-14(15(22(25)26)7-12(11)2)21-18(23)10-30-20(24)13-8-16(27-3)19-17(9-13)28-4-5-29-19/h6-9H,4-5,10H2,1-3H3,(H,21,23). The molecular formula is C20H20N2O8. The van der Waals surface area contributed by atoms with E-state index in [1.54, 1.807) is 13.8 Å². The van der Waals surface area contributed by atoms with Crippen molar-refractivity contribution in [3.8, 4) is 17.2 Å². The number of hydrogen-bond donors (Lipinski definition) is 1. The molecule has 1 aliphatic rings. The number of nitrogens with one attached hydrogen (secondary N) is 1. The smallest absolute Gasteiger partial charge is 0.338 e. The molecule has 0 bridgehead atoms. The molecule has 0 aromatic heterocycles. The predicted octanol–water partition coefficient (Wildman–Crippen LogP) is 2.79. The molecule has 0 atom stereocenters. The topological polar surface area (TPSA) is 126 Å². The highest BCUT2D eigenvalue weighted by molar-refractivity contribution is 5.97. The lowest BCUT2D eigenvalue weighted by Gasteiger charge is -2.21. The van der Waals surface area contributed by atoms with Crippen molar-refractivity contribution in [1.82, 2.24) is 0 Å². The maximum atomic E-state index is 12.4. The van der Waals surface area contributed by atoms with E-state index in [0.717, 1.165) is 11.1 Å². The Bertz CT molecular complexity index is 1000. The number of anilines is 1. The molecule has 1 aliphatic heterocycles. The Kier molecular flexibility index (Phi) is 6.05. The summed E-state index contributed by atoms with van der Waals surface area (Å²) in [5, 5.41) is 13.6. The third kappa shape index (κ3) is 4.43. The molecule has 3 rings (SSSR count). The molecule has 0 spiro atoms. The second-order valence-corrected chi connectivity index (χ2v) is 6.54. The number of nitrogens with zero attached hydrogens (tertiary/aromatic N) is 1. The van der Waals surface area contributed by atoms with Crippen molar-refractivity contribution in [2.75, 3.05) is 32.2 Å². The van der Waals surface area contributed by atoms with Crippen molar-refractivity contribution in [1.29, 1.82) is 0 Å². The number of nitro benzene ring substituents is 1. The first kappa shape index (κ1) is 20.9. The van der Waals surface area contributed by atoms with E-state index in [1.165, 1.54) is 31.4 Å². The molecule has 10 nitrogen and oxygen atoms in total. The van der Waals surface area contributed by atoms with Gasteiger partial charge >= 0.3 is 5.97 Å². The largest absolute Gasteiger partial charge is 0.493 e. The van der Waals surface area contributed by atoms with Gasteiger partial charge < -0.3 is 24.3 Å². The number of esters is 1. The minimum Gasteiger partial charge on any atom is -0.493 e. The molecule has 1 N–H and O–H groups in total. The van der Waals surface area contributed by atoms with Crippen LogP contribution in [0.3, 0.4) is 0 Å². The van der Waals surface area contributed by atoms with Gasteiger partial charge in [-0.25, -0.2) is 4.79 Å². The Balaban J connectivity index is 1.69. The van der Waals surface area contributed by atoms with Gasteiger partial charge in [-0.3, -0.25) is 14.9 Å². The van der Waals surface area contributed by atoms with Gasteiger partial charge in [-0.1, -0.05) is 0 Å². The highest BCUT2D eigenvalue weighted by Gasteiger charge is 2.23. The summed E-state index contributed by atoms with van der Waals surface area (Å²) in [7, 11) is 1.42. The fourth-order valence-corrected chi connectivity index (χ4v) is 2.84. The molecule has 0 fully saturated rings. The molecule has 1 amide bonds. The number of nitro groups is 1. The molecule has 0 aliphatic carbocycles. The lowest BCUT2D eigenvalue weighted by atomic mass is 10.1. The van der Waals surface area contributed by atoms with E-state index in [-0.39, 0.29) is 16.9 Å². The monoisotopic (exact) mass is 416 g/mol. The zero-order chi connectivity index (χ0) is 21.8. The van der Waals surface area contributed by atoms with E-state index < -0.39 is 23.4 Å². The van der Waals surface area contributed by atoms with Crippen LogP contribution in [0.15, 0.2) is 24.3 Å². The molecule has 0 saturated heterocycles. The van der Waals surface area contributed by atoms with Crippen LogP contribution in [0.5, 0.6) is 17.2 Å². The SMILES string of the molecule is COc1cc(C(=O)OCC(=O)Nc2cc(C)c(C)cc2[N+](=O)[O-])cc2c1OCCO2. The fourth-order valence-electron chi connectivity index (χ4n) is 2.84. The number of methoxy groups -OCH3 is 1. The first-order valence-electron chi connectivity index (χ1n) is 9.00. The summed E-state index contributed by atoms with van der Waals surface area (Å²) in [5.41, 5.74) is 1.40. The van der Waals surface area contributed by atoms with Crippen LogP contribution in [-0.4, -0.2) is 43.7 Å². The minimum absolute atomic E-state index is 0.0325. The molecule has 10 heteroatoms. The molecule has 0 unspecified atom stereocenters. The molecule has 2 aromatic carbocycles. The summed E-state index contributed by atoms with van der Waals surface area (Å²) >= 11 is 0. The van der Waals surface area contributed by atoms with Gasteiger partial charge in [-0.05, 0) is 43.2 Å². The van der Waals surface area contributed by atoms with Crippen molar-refractivity contribution in [2.45, 2.75) is 13.8 Å². The van der Waals surface area contributed by atoms with E-state index in [2.05, 4.69) is 5.32 Å². The normalized spacial score (nSPS) is 12.1. The summed E-state index contributed by atoms with van der Waals surface area (Å²) in [5.74, 6) is -0.466. The van der Waals surface area contributed by atoms with Crippen LogP contribution >= 0.6 is 0 Å². The maximum absolute atomic E-state index is 12.4. The summed E-state index contributed by atoms with van der Waals surface area (Å²) in [4.78, 5) is 35.2. The molecule has 2 aromatic rings. The van der Waals surface area contributed by atoms with Gasteiger partial charge in [-0.15, -0.1) is 0 Å². The van der Waals surface area contributed by atoms with Gasteiger partial charge in [0, 0.05) is 6.07 Å². The van der Waals surface area contributed by atoms with Crippen LogP contribution in [0.1, 0.15) is 21.5 Å². The second kappa shape index (κ2) is 8.68. The van der Waals surface area contributed by atoms with Gasteiger partial charge in [0.1, 0.15) is 18.9 Å². The van der Waals surface area contributed by atoms with Gasteiger partial charge in [0.15, 0.2) is 18.1 Å². The number of carbonyl (C=O) groups is 2. The first-order chi connectivity index (χ1) is 14.3. The van der Waals surface area contributed by atoms with E-state index in [0.29, 0.717) is 30.5 Å². The zero-order valence-corrected chi connectivity index (χ0v) is 16.6. The van der Waals surface area contributed by atoms with Crippen LogP contribution in [0.25, 0.3) is 0 Å². The third-order valence-corrected chi connectivity index (χ3v) is 4.48. The predicted molar refractivity (Wildman–Crippen MR) is 105 cm³/mol. The number of carbonyl (C=O) groups excluding carboxylic acids is 2. The van der Waals surface area contributed by atoms with Gasteiger partial charge in [0.25, 0.3) is 11.6 Å². The number of fused-ring (bicyclic) bond motifs is 1. The Labute approximate surface area is 171 Å². The Morgan fingerprint density at radius 3 is 2.53 bits per heavy atom. The van der Waals surface area contributed by atoms with Gasteiger partial charge in [0.2, 0.25) is 5.75 Å². The highest BCUT2D eigenvalue weighted by Crippen LogP contribution is 2.40. The number of benzene rings is 2. The number of aryl methyl sites for hydroxylation is 2. The van der Waals surface area contributed by atoms with Crippen LogP contribution in [0.2, 0.25) is 0 Å². The van der Waals surface area contributed by atoms with Crippen LogP contribution in [0, 0.1) is 24.0 Å². The lowest BCUT2D eigenvalue weighted by Crippen LogP contribution is -2.22. The van der Waals surface area contributed by atoms with Gasteiger partial charge in [-0.2, -0.15) is 0 Å². The number of hydrogen-bond acceptors (Lipinski definition) is 8. The highest BCUT2D eigenvalue weighted by atomic mass is 16.6. The van der Waals surface area contributed by atoms with Crippen molar-refractivity contribution >= 4 is 23.3 Å². The summed E-state index contributed by atoms with van der Waals surface area (Å²) < 4.78 is 21.2. The minimum atomic E-state index is -0.782. The molecule has 30 heavy (non-hydrogen) atoms. The molecule has 0 saturated carbocycles. The van der Waals surface area contributed by atoms with Crippen LogP contribution in [0.4, 0.5) is 11.4 Å². The average molecular weight is 416 g/mol. The van der Waals surface area contributed by atoms with Crippen molar-refractivity contribution < 1.29 is 33.5 Å². The van der Waals surface area contributed by atoms with Crippen molar-refractivity contribution in [2.24, 2.45) is 0 Å². The summed E-state index contributed by atoms with van der Waals surface area (Å²) in [6.45, 7) is 3.56. The summed E-state index contributed by atoms with van der Waals surface area (Å²) in [6, 6.07) is 5.73. The number of rotatable bonds is 6. The third-order valence-electron chi connectivity index (χ3n) is 4.48. The molecule has 1 heterocycles. The number of ether oxygens (including phenoxy) is 4. The molecule has 158 valence electrons. The molecule has 0 radical (unpaired) electrons. The number of amides is 1. The van der Waals surface area contributed by atoms with Crippen LogP contribution < -0.4 is 19.5 Å². The van der Waals surface area contributed by atoms with E-state index in [4.69, 9.17) is 18.9 Å². The second-order valence-electron chi connectivity index (χ2n) is 6.54. The first-order valence-corrected chi connectivity index (χ1v) is 9.00. The molecular weight excluding hydrogens is 396 g/mol.